The Morgan fingerprint density at radius 3 is 2.50 bits per heavy atom. The molecular formula is C17H21NOS. The molecule has 0 fully saturated rings. The summed E-state index contributed by atoms with van der Waals surface area (Å²) in [6.07, 6.45) is 0. The third-order valence-electron chi connectivity index (χ3n) is 3.46. The van der Waals surface area contributed by atoms with Crippen LogP contribution >= 0.6 is 11.8 Å². The quantitative estimate of drug-likeness (QED) is 0.842. The first kappa shape index (κ1) is 14.9. The predicted molar refractivity (Wildman–Crippen MR) is 86.4 cm³/mol. The molecule has 0 atom stereocenters. The van der Waals surface area contributed by atoms with E-state index in [-0.39, 0.29) is 0 Å². The van der Waals surface area contributed by atoms with Gasteiger partial charge in [-0.15, -0.1) is 11.8 Å². The van der Waals surface area contributed by atoms with E-state index in [2.05, 4.69) is 50.2 Å². The van der Waals surface area contributed by atoms with Gasteiger partial charge >= 0.3 is 0 Å². The van der Waals surface area contributed by atoms with Gasteiger partial charge in [-0.1, -0.05) is 18.2 Å². The SMILES string of the molecule is COc1cc(CSc2ccc(C)c(C)c2)ccc1CN. The molecule has 0 aliphatic rings. The molecule has 2 aromatic carbocycles. The molecule has 106 valence electrons. The molecule has 0 saturated carbocycles. The molecule has 0 bridgehead atoms. The Kier molecular flexibility index (Phi) is 5.10. The molecule has 3 heteroatoms. The molecular weight excluding hydrogens is 266 g/mol. The molecule has 20 heavy (non-hydrogen) atoms. The average Bonchev–Trinajstić information content (AvgIpc) is 2.48. The van der Waals surface area contributed by atoms with Gasteiger partial charge in [0.25, 0.3) is 0 Å². The van der Waals surface area contributed by atoms with Crippen molar-refractivity contribution in [2.24, 2.45) is 5.73 Å². The maximum Gasteiger partial charge on any atom is 0.123 e. The van der Waals surface area contributed by atoms with Gasteiger partial charge in [-0.3, -0.25) is 0 Å². The van der Waals surface area contributed by atoms with Gasteiger partial charge in [-0.2, -0.15) is 0 Å². The van der Waals surface area contributed by atoms with Crippen LogP contribution in [0.15, 0.2) is 41.3 Å². The van der Waals surface area contributed by atoms with Crippen LogP contribution in [0.5, 0.6) is 5.75 Å². The van der Waals surface area contributed by atoms with E-state index < -0.39 is 0 Å². The van der Waals surface area contributed by atoms with Crippen LogP contribution < -0.4 is 10.5 Å². The van der Waals surface area contributed by atoms with E-state index in [4.69, 9.17) is 10.5 Å². The third-order valence-corrected chi connectivity index (χ3v) is 4.52. The molecule has 2 N–H and O–H groups in total. The summed E-state index contributed by atoms with van der Waals surface area (Å²) in [7, 11) is 1.69. The topological polar surface area (TPSA) is 35.2 Å². The van der Waals surface area contributed by atoms with E-state index in [9.17, 15) is 0 Å². The number of hydrogen-bond acceptors (Lipinski definition) is 3. The van der Waals surface area contributed by atoms with E-state index in [0.29, 0.717) is 6.54 Å². The van der Waals surface area contributed by atoms with Gasteiger partial charge in [-0.25, -0.2) is 0 Å². The summed E-state index contributed by atoms with van der Waals surface area (Å²) < 4.78 is 5.37. The minimum atomic E-state index is 0.508. The molecule has 0 heterocycles. The summed E-state index contributed by atoms with van der Waals surface area (Å²) in [5, 5.41) is 0. The minimum absolute atomic E-state index is 0.508. The maximum atomic E-state index is 5.69. The molecule has 0 aliphatic carbocycles. The van der Waals surface area contributed by atoms with Crippen LogP contribution in [0.2, 0.25) is 0 Å². The summed E-state index contributed by atoms with van der Waals surface area (Å²) in [5.74, 6) is 1.81. The number of ether oxygens (including phenoxy) is 1. The first-order chi connectivity index (χ1) is 9.63. The Morgan fingerprint density at radius 1 is 1.05 bits per heavy atom. The lowest BCUT2D eigenvalue weighted by Gasteiger charge is -2.10. The first-order valence-electron chi connectivity index (χ1n) is 6.70. The number of rotatable bonds is 5. The number of aryl methyl sites for hydroxylation is 2. The minimum Gasteiger partial charge on any atom is -0.496 e. The van der Waals surface area contributed by atoms with Crippen LogP contribution in [0.25, 0.3) is 0 Å². The molecule has 2 aromatic rings. The second kappa shape index (κ2) is 6.82. The first-order valence-corrected chi connectivity index (χ1v) is 7.68. The van der Waals surface area contributed by atoms with Gasteiger partial charge in [0.1, 0.15) is 5.75 Å². The fraction of sp³-hybridized carbons (Fsp3) is 0.294. The molecule has 0 unspecified atom stereocenters. The Morgan fingerprint density at radius 2 is 1.85 bits per heavy atom. The van der Waals surface area contributed by atoms with Crippen molar-refractivity contribution in [1.82, 2.24) is 0 Å². The zero-order valence-corrected chi connectivity index (χ0v) is 13.1. The Labute approximate surface area is 125 Å². The molecule has 0 spiro atoms. The lowest BCUT2D eigenvalue weighted by Crippen LogP contribution is -2.00. The van der Waals surface area contributed by atoms with Crippen molar-refractivity contribution in [2.45, 2.75) is 31.0 Å². The van der Waals surface area contributed by atoms with E-state index in [1.807, 2.05) is 11.8 Å². The van der Waals surface area contributed by atoms with Gasteiger partial charge in [0, 0.05) is 22.8 Å². The maximum absolute atomic E-state index is 5.69. The highest BCUT2D eigenvalue weighted by Gasteiger charge is 2.04. The van der Waals surface area contributed by atoms with Crippen molar-refractivity contribution in [3.63, 3.8) is 0 Å². The highest BCUT2D eigenvalue weighted by Crippen LogP contribution is 2.27. The van der Waals surface area contributed by atoms with Gasteiger partial charge in [0.15, 0.2) is 0 Å². The number of hydrogen-bond donors (Lipinski definition) is 1. The Bertz CT molecular complexity index is 596. The van der Waals surface area contributed by atoms with E-state index in [1.54, 1.807) is 7.11 Å². The van der Waals surface area contributed by atoms with Crippen LogP contribution in [-0.2, 0) is 12.3 Å². The fourth-order valence-corrected chi connectivity index (χ4v) is 2.96. The van der Waals surface area contributed by atoms with Crippen molar-refractivity contribution in [2.75, 3.05) is 7.11 Å². The number of benzene rings is 2. The van der Waals surface area contributed by atoms with Gasteiger partial charge in [0.2, 0.25) is 0 Å². The molecule has 0 amide bonds. The molecule has 2 nitrogen and oxygen atoms in total. The average molecular weight is 287 g/mol. The molecule has 2 rings (SSSR count). The smallest absolute Gasteiger partial charge is 0.123 e. The van der Waals surface area contributed by atoms with Crippen LogP contribution in [-0.4, -0.2) is 7.11 Å². The highest BCUT2D eigenvalue weighted by molar-refractivity contribution is 7.98. The van der Waals surface area contributed by atoms with Crippen molar-refractivity contribution in [3.05, 3.63) is 58.7 Å². The fourth-order valence-electron chi connectivity index (χ4n) is 2.02. The zero-order valence-electron chi connectivity index (χ0n) is 12.3. The summed E-state index contributed by atoms with van der Waals surface area (Å²) in [5.41, 5.74) is 10.7. The van der Waals surface area contributed by atoms with Crippen molar-refractivity contribution in [1.29, 1.82) is 0 Å². The highest BCUT2D eigenvalue weighted by atomic mass is 32.2. The van der Waals surface area contributed by atoms with E-state index in [0.717, 1.165) is 17.1 Å². The van der Waals surface area contributed by atoms with Crippen LogP contribution in [0.3, 0.4) is 0 Å². The summed E-state index contributed by atoms with van der Waals surface area (Å²) in [6, 6.07) is 12.9. The number of nitrogens with two attached hydrogens (primary N) is 1. The zero-order chi connectivity index (χ0) is 14.5. The molecule has 0 radical (unpaired) electrons. The molecule has 0 aliphatic heterocycles. The summed E-state index contributed by atoms with van der Waals surface area (Å²) in [6.45, 7) is 4.80. The number of thioether (sulfide) groups is 1. The summed E-state index contributed by atoms with van der Waals surface area (Å²) >= 11 is 1.84. The van der Waals surface area contributed by atoms with Crippen molar-refractivity contribution >= 4 is 11.8 Å². The number of methoxy groups -OCH3 is 1. The normalized spacial score (nSPS) is 10.6. The van der Waals surface area contributed by atoms with Gasteiger partial charge in [0.05, 0.1) is 7.11 Å². The largest absolute Gasteiger partial charge is 0.496 e. The van der Waals surface area contributed by atoms with Crippen LogP contribution in [0, 0.1) is 13.8 Å². The second-order valence-corrected chi connectivity index (χ2v) is 5.93. The molecule has 0 saturated heterocycles. The van der Waals surface area contributed by atoms with Crippen molar-refractivity contribution < 1.29 is 4.74 Å². The monoisotopic (exact) mass is 287 g/mol. The van der Waals surface area contributed by atoms with E-state index >= 15 is 0 Å². The predicted octanol–water partition coefficient (Wildman–Crippen LogP) is 4.06. The van der Waals surface area contributed by atoms with Crippen LogP contribution in [0.1, 0.15) is 22.3 Å². The Balaban J connectivity index is 2.08. The summed E-state index contributed by atoms with van der Waals surface area (Å²) in [4.78, 5) is 1.30. The van der Waals surface area contributed by atoms with Crippen molar-refractivity contribution in [3.8, 4) is 5.75 Å². The lowest BCUT2D eigenvalue weighted by atomic mass is 10.1. The Hall–Kier alpha value is -1.45. The van der Waals surface area contributed by atoms with Gasteiger partial charge in [-0.05, 0) is 48.7 Å². The van der Waals surface area contributed by atoms with E-state index in [1.165, 1.54) is 21.6 Å². The van der Waals surface area contributed by atoms with Crippen LogP contribution in [0.4, 0.5) is 0 Å². The third kappa shape index (κ3) is 3.56. The standard InChI is InChI=1S/C17H21NOS/c1-12-4-7-16(8-13(12)2)20-11-14-5-6-15(10-18)17(9-14)19-3/h4-9H,10-11,18H2,1-3H3. The second-order valence-electron chi connectivity index (χ2n) is 4.89. The molecule has 0 aromatic heterocycles. The van der Waals surface area contributed by atoms with Gasteiger partial charge < -0.3 is 10.5 Å². The lowest BCUT2D eigenvalue weighted by molar-refractivity contribution is 0.409.